The number of hydrogen-bond donors (Lipinski definition) is 1. The number of nitrogens with one attached hydrogen (secondary N) is 1. The largest absolute Gasteiger partial charge is 0.495 e. The lowest BCUT2D eigenvalue weighted by atomic mass is 10.1. The van der Waals surface area contributed by atoms with Crippen molar-refractivity contribution in [3.05, 3.63) is 17.7 Å². The first-order chi connectivity index (χ1) is 10.7. The summed E-state index contributed by atoms with van der Waals surface area (Å²) in [5.74, 6) is 1.45. The van der Waals surface area contributed by atoms with Gasteiger partial charge < -0.3 is 19.5 Å². The summed E-state index contributed by atoms with van der Waals surface area (Å²) in [7, 11) is 1.61. The van der Waals surface area contributed by atoms with Crippen molar-refractivity contribution in [2.24, 2.45) is 0 Å². The molecule has 0 bridgehead atoms. The van der Waals surface area contributed by atoms with Crippen molar-refractivity contribution in [3.63, 3.8) is 0 Å². The third kappa shape index (κ3) is 3.34. The van der Waals surface area contributed by atoms with Crippen LogP contribution in [0.5, 0.6) is 11.5 Å². The lowest BCUT2D eigenvalue weighted by molar-refractivity contribution is -0.118. The lowest BCUT2D eigenvalue weighted by Gasteiger charge is -2.26. The van der Waals surface area contributed by atoms with Crippen molar-refractivity contribution >= 4 is 11.6 Å². The van der Waals surface area contributed by atoms with E-state index in [0.717, 1.165) is 30.8 Å². The van der Waals surface area contributed by atoms with E-state index in [1.165, 1.54) is 0 Å². The van der Waals surface area contributed by atoms with Gasteiger partial charge in [0.2, 0.25) is 5.91 Å². The number of hydrogen-bond acceptors (Lipinski definition) is 5. The number of methoxy groups -OCH3 is 1. The molecule has 1 amide bonds. The van der Waals surface area contributed by atoms with Gasteiger partial charge >= 0.3 is 0 Å². The molecular formula is C16H22N2O4. The Morgan fingerprint density at radius 1 is 1.41 bits per heavy atom. The van der Waals surface area contributed by atoms with Gasteiger partial charge in [-0.15, -0.1) is 0 Å². The van der Waals surface area contributed by atoms with E-state index in [-0.39, 0.29) is 12.0 Å². The molecule has 1 unspecified atom stereocenters. The maximum Gasteiger partial charge on any atom is 0.238 e. The number of anilines is 1. The summed E-state index contributed by atoms with van der Waals surface area (Å²) in [6, 6.07) is 3.80. The van der Waals surface area contributed by atoms with Gasteiger partial charge in [-0.1, -0.05) is 0 Å². The smallest absolute Gasteiger partial charge is 0.238 e. The van der Waals surface area contributed by atoms with Gasteiger partial charge in [0, 0.05) is 31.1 Å². The van der Waals surface area contributed by atoms with Gasteiger partial charge in [-0.2, -0.15) is 0 Å². The highest BCUT2D eigenvalue weighted by molar-refractivity contribution is 5.94. The molecular weight excluding hydrogens is 284 g/mol. The van der Waals surface area contributed by atoms with E-state index in [2.05, 4.69) is 10.2 Å². The molecule has 0 aliphatic carbocycles. The number of carbonyl (C=O) groups excluding carboxylic acids is 1. The normalized spacial score (nSPS) is 21.1. The molecule has 1 aromatic carbocycles. The number of amides is 1. The predicted octanol–water partition coefficient (Wildman–Crippen LogP) is 1.29. The molecule has 1 N–H and O–H groups in total. The molecule has 22 heavy (non-hydrogen) atoms. The topological polar surface area (TPSA) is 60.0 Å². The second kappa shape index (κ2) is 6.54. The number of ether oxygens (including phenoxy) is 3. The number of morpholine rings is 1. The summed E-state index contributed by atoms with van der Waals surface area (Å²) in [6.07, 6.45) is 1.03. The summed E-state index contributed by atoms with van der Waals surface area (Å²) >= 11 is 0. The summed E-state index contributed by atoms with van der Waals surface area (Å²) < 4.78 is 16.4. The molecule has 0 radical (unpaired) electrons. The molecule has 3 rings (SSSR count). The number of rotatable bonds is 4. The highest BCUT2D eigenvalue weighted by atomic mass is 16.5. The van der Waals surface area contributed by atoms with Crippen molar-refractivity contribution in [2.75, 3.05) is 45.3 Å². The van der Waals surface area contributed by atoms with E-state index in [1.807, 2.05) is 19.1 Å². The summed E-state index contributed by atoms with van der Waals surface area (Å²) in [4.78, 5) is 14.3. The van der Waals surface area contributed by atoms with Gasteiger partial charge in [0.1, 0.15) is 17.6 Å². The van der Waals surface area contributed by atoms with Gasteiger partial charge in [0.25, 0.3) is 0 Å². The van der Waals surface area contributed by atoms with Crippen LogP contribution < -0.4 is 14.8 Å². The first kappa shape index (κ1) is 15.1. The van der Waals surface area contributed by atoms with Crippen LogP contribution in [-0.2, 0) is 16.0 Å². The zero-order valence-corrected chi connectivity index (χ0v) is 13.1. The fourth-order valence-corrected chi connectivity index (χ4v) is 2.86. The minimum Gasteiger partial charge on any atom is -0.495 e. The minimum absolute atomic E-state index is 0.0498. The Kier molecular flexibility index (Phi) is 4.49. The van der Waals surface area contributed by atoms with Crippen LogP contribution in [0.15, 0.2) is 12.1 Å². The molecule has 6 nitrogen and oxygen atoms in total. The highest BCUT2D eigenvalue weighted by Crippen LogP contribution is 2.37. The fraction of sp³-hybridized carbons (Fsp3) is 0.562. The van der Waals surface area contributed by atoms with Crippen LogP contribution in [0, 0.1) is 0 Å². The van der Waals surface area contributed by atoms with Crippen molar-refractivity contribution in [2.45, 2.75) is 19.4 Å². The van der Waals surface area contributed by atoms with Crippen LogP contribution >= 0.6 is 0 Å². The first-order valence-corrected chi connectivity index (χ1v) is 7.63. The van der Waals surface area contributed by atoms with Crippen LogP contribution in [-0.4, -0.2) is 56.9 Å². The Bertz CT molecular complexity index is 555. The van der Waals surface area contributed by atoms with Gasteiger partial charge in [-0.25, -0.2) is 0 Å². The average molecular weight is 306 g/mol. The third-order valence-electron chi connectivity index (χ3n) is 3.96. The highest BCUT2D eigenvalue weighted by Gasteiger charge is 2.23. The number of fused-ring (bicyclic) bond motifs is 1. The first-order valence-electron chi connectivity index (χ1n) is 7.63. The second-order valence-corrected chi connectivity index (χ2v) is 5.73. The van der Waals surface area contributed by atoms with Crippen molar-refractivity contribution in [1.29, 1.82) is 0 Å². The molecule has 1 saturated heterocycles. The molecule has 1 fully saturated rings. The number of nitrogens with zero attached hydrogens (tertiary/aromatic N) is 1. The van der Waals surface area contributed by atoms with E-state index in [9.17, 15) is 4.79 Å². The molecule has 1 atom stereocenters. The van der Waals surface area contributed by atoms with Crippen LogP contribution in [0.1, 0.15) is 12.5 Å². The Morgan fingerprint density at radius 3 is 2.91 bits per heavy atom. The standard InChI is InChI=1S/C16H22N2O4/c1-11-7-12-8-15(20-2)13(9-14(12)22-11)17-16(19)10-18-3-5-21-6-4-18/h8-9,11H,3-7,10H2,1-2H3,(H,17,19). The molecule has 0 spiro atoms. The maximum atomic E-state index is 12.2. The van der Waals surface area contributed by atoms with E-state index >= 15 is 0 Å². The average Bonchev–Trinajstić information content (AvgIpc) is 2.86. The molecule has 2 aliphatic heterocycles. The van der Waals surface area contributed by atoms with Crippen molar-refractivity contribution in [1.82, 2.24) is 4.90 Å². The summed E-state index contributed by atoms with van der Waals surface area (Å²) in [5, 5.41) is 2.93. The second-order valence-electron chi connectivity index (χ2n) is 5.73. The molecule has 6 heteroatoms. The molecule has 2 heterocycles. The zero-order chi connectivity index (χ0) is 15.5. The van der Waals surface area contributed by atoms with E-state index in [1.54, 1.807) is 7.11 Å². The van der Waals surface area contributed by atoms with Gasteiger partial charge in [-0.05, 0) is 13.0 Å². The lowest BCUT2D eigenvalue weighted by Crippen LogP contribution is -2.41. The van der Waals surface area contributed by atoms with Crippen LogP contribution in [0.2, 0.25) is 0 Å². The third-order valence-corrected chi connectivity index (χ3v) is 3.96. The van der Waals surface area contributed by atoms with Crippen molar-refractivity contribution < 1.29 is 19.0 Å². The van der Waals surface area contributed by atoms with Crippen LogP contribution in [0.25, 0.3) is 0 Å². The number of benzene rings is 1. The van der Waals surface area contributed by atoms with Crippen LogP contribution in [0.4, 0.5) is 5.69 Å². The summed E-state index contributed by atoms with van der Waals surface area (Å²) in [6.45, 7) is 5.33. The maximum absolute atomic E-state index is 12.2. The predicted molar refractivity (Wildman–Crippen MR) is 82.7 cm³/mol. The van der Waals surface area contributed by atoms with E-state index in [4.69, 9.17) is 14.2 Å². The van der Waals surface area contributed by atoms with E-state index in [0.29, 0.717) is 31.2 Å². The minimum atomic E-state index is -0.0498. The Balaban J connectivity index is 1.68. The zero-order valence-electron chi connectivity index (χ0n) is 13.1. The molecule has 2 aliphatic rings. The number of carbonyl (C=O) groups is 1. The fourth-order valence-electron chi connectivity index (χ4n) is 2.86. The Labute approximate surface area is 130 Å². The molecule has 0 aromatic heterocycles. The van der Waals surface area contributed by atoms with Gasteiger partial charge in [0.05, 0.1) is 32.6 Å². The van der Waals surface area contributed by atoms with Gasteiger partial charge in [-0.3, -0.25) is 9.69 Å². The van der Waals surface area contributed by atoms with Crippen LogP contribution in [0.3, 0.4) is 0 Å². The molecule has 0 saturated carbocycles. The van der Waals surface area contributed by atoms with E-state index < -0.39 is 0 Å². The summed E-state index contributed by atoms with van der Waals surface area (Å²) in [5.41, 5.74) is 1.78. The SMILES string of the molecule is COc1cc2c(cc1NC(=O)CN1CCOCC1)OC(C)C2. The molecule has 1 aromatic rings. The quantitative estimate of drug-likeness (QED) is 0.908. The molecule has 120 valence electrons. The Hall–Kier alpha value is -1.79. The Morgan fingerprint density at radius 2 is 2.18 bits per heavy atom. The van der Waals surface area contributed by atoms with Gasteiger partial charge in [0.15, 0.2) is 0 Å². The monoisotopic (exact) mass is 306 g/mol. The van der Waals surface area contributed by atoms with Crippen molar-refractivity contribution in [3.8, 4) is 11.5 Å².